The summed E-state index contributed by atoms with van der Waals surface area (Å²) in [6.45, 7) is 2.26. The molecule has 2 heterocycles. The number of carboxylic acid groups (broad SMARTS) is 2. The van der Waals surface area contributed by atoms with E-state index >= 15 is 0 Å². The van der Waals surface area contributed by atoms with Gasteiger partial charge in [-0.1, -0.05) is 67.6 Å². The zero-order chi connectivity index (χ0) is 33.3. The first-order chi connectivity index (χ1) is 22.7. The van der Waals surface area contributed by atoms with E-state index in [0.717, 1.165) is 33.4 Å². The van der Waals surface area contributed by atoms with Gasteiger partial charge in [-0.05, 0) is 52.1 Å². The second-order valence-electron chi connectivity index (χ2n) is 11.3. The van der Waals surface area contributed by atoms with E-state index in [-0.39, 0.29) is 55.6 Å². The van der Waals surface area contributed by atoms with Crippen LogP contribution in [-0.4, -0.2) is 50.0 Å². The predicted molar refractivity (Wildman–Crippen MR) is 175 cm³/mol. The SMILES string of the molecule is CC1C(CSc2ncccc2C(=O)O)OC(c2cccc(-c3cccc(CNC(=O)CCC(=O)O)c3)c2)OC1c1ccc(CO)cc1. The number of carbonyl (C=O) groups is 3. The monoisotopic (exact) mass is 656 g/mol. The minimum absolute atomic E-state index is 0.0621. The van der Waals surface area contributed by atoms with Crippen molar-refractivity contribution < 1.29 is 39.2 Å². The molecule has 1 aliphatic rings. The normalized spacial score (nSPS) is 19.2. The minimum Gasteiger partial charge on any atom is -0.481 e. The summed E-state index contributed by atoms with van der Waals surface area (Å²) in [6, 6.07) is 26.4. The first-order valence-electron chi connectivity index (χ1n) is 15.2. The van der Waals surface area contributed by atoms with Crippen molar-refractivity contribution >= 4 is 29.6 Å². The third-order valence-electron chi connectivity index (χ3n) is 7.98. The Morgan fingerprint density at radius 2 is 1.60 bits per heavy atom. The fourth-order valence-electron chi connectivity index (χ4n) is 5.37. The van der Waals surface area contributed by atoms with Crippen LogP contribution in [-0.2, 0) is 32.2 Å². The molecular formula is C36H36N2O8S. The summed E-state index contributed by atoms with van der Waals surface area (Å²) in [4.78, 5) is 38.9. The van der Waals surface area contributed by atoms with Crippen LogP contribution in [0.2, 0.25) is 0 Å². The number of aliphatic hydroxyl groups is 1. The molecule has 0 aliphatic carbocycles. The Labute approximate surface area is 276 Å². The summed E-state index contributed by atoms with van der Waals surface area (Å²) in [5.41, 5.74) is 5.39. The van der Waals surface area contributed by atoms with Gasteiger partial charge < -0.3 is 30.1 Å². The van der Waals surface area contributed by atoms with E-state index in [4.69, 9.17) is 14.6 Å². The average Bonchev–Trinajstić information content (AvgIpc) is 3.09. The van der Waals surface area contributed by atoms with Gasteiger partial charge in [0.05, 0.1) is 30.8 Å². The van der Waals surface area contributed by atoms with Crippen molar-refractivity contribution in [1.29, 1.82) is 0 Å². The van der Waals surface area contributed by atoms with Gasteiger partial charge in [0.25, 0.3) is 0 Å². The van der Waals surface area contributed by atoms with Gasteiger partial charge in [-0.2, -0.15) is 0 Å². The molecule has 1 aromatic heterocycles. The summed E-state index contributed by atoms with van der Waals surface area (Å²) in [7, 11) is 0. The van der Waals surface area contributed by atoms with E-state index in [0.29, 0.717) is 10.8 Å². The number of ether oxygens (including phenoxy) is 2. The molecule has 4 atom stereocenters. The number of amides is 1. The van der Waals surface area contributed by atoms with Gasteiger partial charge >= 0.3 is 11.9 Å². The van der Waals surface area contributed by atoms with Gasteiger partial charge in [-0.15, -0.1) is 11.8 Å². The van der Waals surface area contributed by atoms with E-state index in [1.165, 1.54) is 17.8 Å². The maximum atomic E-state index is 12.0. The lowest BCUT2D eigenvalue weighted by atomic mass is 9.91. The Morgan fingerprint density at radius 1 is 0.851 bits per heavy atom. The quantitative estimate of drug-likeness (QED) is 0.126. The van der Waals surface area contributed by atoms with Crippen molar-refractivity contribution in [1.82, 2.24) is 10.3 Å². The summed E-state index contributed by atoms with van der Waals surface area (Å²) in [5, 5.41) is 31.2. The van der Waals surface area contributed by atoms with Crippen molar-refractivity contribution in [2.75, 3.05) is 5.75 Å². The molecule has 4 N–H and O–H groups in total. The first-order valence-corrected chi connectivity index (χ1v) is 16.2. The molecule has 1 fully saturated rings. The summed E-state index contributed by atoms with van der Waals surface area (Å²) in [5.74, 6) is -2.03. The second-order valence-corrected chi connectivity index (χ2v) is 12.3. The number of benzene rings is 3. The van der Waals surface area contributed by atoms with Crippen LogP contribution in [0.15, 0.2) is 96.2 Å². The number of nitrogens with one attached hydrogen (secondary N) is 1. The molecular weight excluding hydrogens is 620 g/mol. The average molecular weight is 657 g/mol. The Morgan fingerprint density at radius 3 is 2.32 bits per heavy atom. The van der Waals surface area contributed by atoms with Crippen LogP contribution in [0.5, 0.6) is 0 Å². The number of aromatic nitrogens is 1. The van der Waals surface area contributed by atoms with Crippen LogP contribution < -0.4 is 5.32 Å². The van der Waals surface area contributed by atoms with Gasteiger partial charge in [0, 0.05) is 36.4 Å². The maximum Gasteiger partial charge on any atom is 0.338 e. The zero-order valence-corrected chi connectivity index (χ0v) is 26.6. The predicted octanol–water partition coefficient (Wildman–Crippen LogP) is 6.00. The largest absolute Gasteiger partial charge is 0.481 e. The van der Waals surface area contributed by atoms with Gasteiger partial charge in [0.1, 0.15) is 5.03 Å². The van der Waals surface area contributed by atoms with E-state index in [2.05, 4.69) is 10.3 Å². The fraction of sp³-hybridized carbons (Fsp3) is 0.278. The van der Waals surface area contributed by atoms with Crippen LogP contribution in [0.1, 0.15) is 64.8 Å². The lowest BCUT2D eigenvalue weighted by molar-refractivity contribution is -0.268. The van der Waals surface area contributed by atoms with E-state index in [9.17, 15) is 24.6 Å². The van der Waals surface area contributed by atoms with Crippen molar-refractivity contribution in [3.05, 3.63) is 119 Å². The van der Waals surface area contributed by atoms with Crippen LogP contribution in [0.3, 0.4) is 0 Å². The van der Waals surface area contributed by atoms with E-state index in [1.54, 1.807) is 12.3 Å². The van der Waals surface area contributed by atoms with Crippen molar-refractivity contribution in [3.8, 4) is 11.1 Å². The number of carbonyl (C=O) groups excluding carboxylic acids is 1. The van der Waals surface area contributed by atoms with Gasteiger partial charge in [0.2, 0.25) is 5.91 Å². The molecule has 0 saturated carbocycles. The third-order valence-corrected chi connectivity index (χ3v) is 9.08. The maximum absolute atomic E-state index is 12.0. The highest BCUT2D eigenvalue weighted by atomic mass is 32.2. The van der Waals surface area contributed by atoms with E-state index in [1.807, 2.05) is 79.7 Å². The van der Waals surface area contributed by atoms with Crippen molar-refractivity contribution in [3.63, 3.8) is 0 Å². The summed E-state index contributed by atoms with van der Waals surface area (Å²) < 4.78 is 13.2. The zero-order valence-electron chi connectivity index (χ0n) is 25.7. The van der Waals surface area contributed by atoms with E-state index < -0.39 is 18.2 Å². The number of nitrogens with zero attached hydrogens (tertiary/aromatic N) is 1. The summed E-state index contributed by atoms with van der Waals surface area (Å²) >= 11 is 1.33. The highest BCUT2D eigenvalue weighted by Crippen LogP contribution is 2.43. The van der Waals surface area contributed by atoms with Gasteiger partial charge in [-0.25, -0.2) is 9.78 Å². The molecule has 4 aromatic rings. The van der Waals surface area contributed by atoms with Gasteiger partial charge in [0.15, 0.2) is 6.29 Å². The molecule has 47 heavy (non-hydrogen) atoms. The molecule has 4 unspecified atom stereocenters. The number of hydrogen-bond donors (Lipinski definition) is 4. The number of carboxylic acids is 2. The van der Waals surface area contributed by atoms with Crippen LogP contribution in [0.25, 0.3) is 11.1 Å². The third kappa shape index (κ3) is 8.83. The number of thioether (sulfide) groups is 1. The topological polar surface area (TPSA) is 155 Å². The Bertz CT molecular complexity index is 1710. The number of hydrogen-bond acceptors (Lipinski definition) is 8. The molecule has 244 valence electrons. The fourth-order valence-corrected chi connectivity index (χ4v) is 6.53. The highest BCUT2D eigenvalue weighted by molar-refractivity contribution is 7.99. The smallest absolute Gasteiger partial charge is 0.338 e. The Hall–Kier alpha value is -4.55. The number of pyridine rings is 1. The van der Waals surface area contributed by atoms with Crippen LogP contribution >= 0.6 is 11.8 Å². The Balaban J connectivity index is 1.38. The molecule has 1 aliphatic heterocycles. The first kappa shape index (κ1) is 33.8. The Kier molecular flexibility index (Phi) is 11.4. The highest BCUT2D eigenvalue weighted by Gasteiger charge is 2.38. The molecule has 10 nitrogen and oxygen atoms in total. The molecule has 5 rings (SSSR count). The van der Waals surface area contributed by atoms with Crippen LogP contribution in [0, 0.1) is 5.92 Å². The molecule has 0 radical (unpaired) electrons. The standard InChI is InChI=1S/C36H36N2O8S/c1-22-30(21-47-34-29(35(43)44)9-4-16-37-34)45-36(46-33(22)25-12-10-23(20-39)11-13-25)28-8-3-7-27(18-28)26-6-2-5-24(17-26)19-38-31(40)14-15-32(41)42/h2-13,16-18,22,30,33,36,39H,14-15,19-21H2,1H3,(H,38,40)(H,41,42)(H,43,44). The molecule has 3 aromatic carbocycles. The molecule has 1 amide bonds. The number of aliphatic carboxylic acids is 1. The lowest BCUT2D eigenvalue weighted by Crippen LogP contribution is -2.38. The van der Waals surface area contributed by atoms with Gasteiger partial charge in [-0.3, -0.25) is 9.59 Å². The lowest BCUT2D eigenvalue weighted by Gasteiger charge is -2.41. The number of aliphatic hydroxyl groups excluding tert-OH is 1. The summed E-state index contributed by atoms with van der Waals surface area (Å²) in [6.07, 6.45) is -0.104. The molecule has 0 spiro atoms. The second kappa shape index (κ2) is 15.8. The molecule has 11 heteroatoms. The number of aromatic carboxylic acids is 1. The minimum atomic E-state index is -1.04. The molecule has 1 saturated heterocycles. The van der Waals surface area contributed by atoms with Crippen molar-refractivity contribution in [2.45, 2.75) is 56.4 Å². The molecule has 0 bridgehead atoms. The number of rotatable bonds is 13. The van der Waals surface area contributed by atoms with Crippen LogP contribution in [0.4, 0.5) is 0 Å². The van der Waals surface area contributed by atoms with Crippen molar-refractivity contribution in [2.24, 2.45) is 5.92 Å².